The van der Waals surface area contributed by atoms with Crippen molar-refractivity contribution in [1.29, 1.82) is 0 Å². The first-order valence-corrected chi connectivity index (χ1v) is 7.56. The molecule has 1 unspecified atom stereocenters. The van der Waals surface area contributed by atoms with Crippen molar-refractivity contribution in [1.82, 2.24) is 5.32 Å². The van der Waals surface area contributed by atoms with Crippen LogP contribution in [0.3, 0.4) is 0 Å². The van der Waals surface area contributed by atoms with Crippen molar-refractivity contribution in [2.45, 2.75) is 59.3 Å². The fourth-order valence-electron chi connectivity index (χ4n) is 3.22. The summed E-state index contributed by atoms with van der Waals surface area (Å²) in [4.78, 5) is 0. The summed E-state index contributed by atoms with van der Waals surface area (Å²) in [6.45, 7) is 14.8. The monoisotopic (exact) mass is 261 g/mol. The van der Waals surface area contributed by atoms with E-state index in [2.05, 4.69) is 72.1 Å². The number of hydrogen-bond acceptors (Lipinski definition) is 1. The highest BCUT2D eigenvalue weighted by atomic mass is 14.8. The van der Waals surface area contributed by atoms with Crippen molar-refractivity contribution in [3.63, 3.8) is 0 Å². The Hall–Kier alpha value is -0.820. The van der Waals surface area contributed by atoms with Crippen LogP contribution in [0.5, 0.6) is 0 Å². The lowest BCUT2D eigenvalue weighted by molar-refractivity contribution is 0.356. The number of hydrogen-bond donors (Lipinski definition) is 1. The Labute approximate surface area is 119 Å². The predicted octanol–water partition coefficient (Wildman–Crippen LogP) is 4.64. The van der Waals surface area contributed by atoms with Gasteiger partial charge in [0.1, 0.15) is 0 Å². The third-order valence-corrected chi connectivity index (χ3v) is 4.00. The maximum atomic E-state index is 3.39. The maximum Gasteiger partial charge on any atom is 0.00545 e. The maximum absolute atomic E-state index is 3.39. The third kappa shape index (κ3) is 4.07. The van der Waals surface area contributed by atoms with Gasteiger partial charge in [0.15, 0.2) is 0 Å². The third-order valence-electron chi connectivity index (χ3n) is 4.00. The molecule has 0 aliphatic rings. The van der Waals surface area contributed by atoms with E-state index < -0.39 is 0 Å². The van der Waals surface area contributed by atoms with Crippen LogP contribution in [-0.2, 0) is 5.41 Å². The number of rotatable bonds is 6. The first-order chi connectivity index (χ1) is 8.80. The van der Waals surface area contributed by atoms with Crippen molar-refractivity contribution in [3.05, 3.63) is 34.9 Å². The summed E-state index contributed by atoms with van der Waals surface area (Å²) in [5.41, 5.74) is 4.61. The molecule has 0 spiro atoms. The molecule has 0 fully saturated rings. The summed E-state index contributed by atoms with van der Waals surface area (Å²) in [6.07, 6.45) is 1.22. The highest BCUT2D eigenvalue weighted by molar-refractivity contribution is 5.38. The minimum atomic E-state index is 0.220. The van der Waals surface area contributed by atoms with Crippen LogP contribution in [0.4, 0.5) is 0 Å². The SMILES string of the molecule is CNCC(C)(CC(C)C)c1cc(C(C)C)ccc1C. The van der Waals surface area contributed by atoms with Crippen molar-refractivity contribution < 1.29 is 0 Å². The molecule has 1 N–H and O–H groups in total. The molecular weight excluding hydrogens is 230 g/mol. The zero-order valence-electron chi connectivity index (χ0n) is 13.8. The molecular formula is C18H31N. The Morgan fingerprint density at radius 1 is 1.16 bits per heavy atom. The summed E-state index contributed by atoms with van der Waals surface area (Å²) in [7, 11) is 2.06. The zero-order valence-corrected chi connectivity index (χ0v) is 13.8. The lowest BCUT2D eigenvalue weighted by Crippen LogP contribution is -2.36. The Kier molecular flexibility index (Phi) is 5.61. The van der Waals surface area contributed by atoms with Gasteiger partial charge in [0.25, 0.3) is 0 Å². The Bertz CT molecular complexity index is 406. The van der Waals surface area contributed by atoms with Gasteiger partial charge in [0.2, 0.25) is 0 Å². The standard InChI is InChI=1S/C18H31N/c1-13(2)11-18(6,12-19-7)17-10-16(14(3)4)9-8-15(17)5/h8-10,13-14,19H,11-12H2,1-7H3. The molecule has 108 valence electrons. The second-order valence-electron chi connectivity index (χ2n) is 6.92. The molecule has 1 aromatic rings. The fourth-order valence-corrected chi connectivity index (χ4v) is 3.22. The van der Waals surface area contributed by atoms with Crippen LogP contribution in [0.15, 0.2) is 18.2 Å². The average Bonchev–Trinajstić information content (AvgIpc) is 2.28. The van der Waals surface area contributed by atoms with E-state index in [4.69, 9.17) is 0 Å². The van der Waals surface area contributed by atoms with E-state index in [1.165, 1.54) is 23.1 Å². The van der Waals surface area contributed by atoms with Gasteiger partial charge in [0.05, 0.1) is 0 Å². The predicted molar refractivity (Wildman–Crippen MR) is 86.0 cm³/mol. The molecule has 0 aliphatic heterocycles. The molecule has 0 bridgehead atoms. The van der Waals surface area contributed by atoms with Crippen LogP contribution in [0.2, 0.25) is 0 Å². The van der Waals surface area contributed by atoms with E-state index in [9.17, 15) is 0 Å². The first-order valence-electron chi connectivity index (χ1n) is 7.56. The van der Waals surface area contributed by atoms with Crippen molar-refractivity contribution in [3.8, 4) is 0 Å². The largest absolute Gasteiger partial charge is 0.319 e. The van der Waals surface area contributed by atoms with E-state index in [1.807, 2.05) is 0 Å². The van der Waals surface area contributed by atoms with Crippen LogP contribution in [0.1, 0.15) is 63.6 Å². The lowest BCUT2D eigenvalue weighted by Gasteiger charge is -2.34. The summed E-state index contributed by atoms with van der Waals surface area (Å²) in [6, 6.07) is 7.00. The van der Waals surface area contributed by atoms with Gasteiger partial charge in [-0.15, -0.1) is 0 Å². The Morgan fingerprint density at radius 2 is 1.79 bits per heavy atom. The molecule has 0 aromatic heterocycles. The summed E-state index contributed by atoms with van der Waals surface area (Å²) in [5.74, 6) is 1.30. The molecule has 0 saturated carbocycles. The van der Waals surface area contributed by atoms with Gasteiger partial charge in [-0.25, -0.2) is 0 Å². The molecule has 1 aromatic carbocycles. The molecule has 1 rings (SSSR count). The molecule has 0 amide bonds. The van der Waals surface area contributed by atoms with E-state index in [-0.39, 0.29) is 5.41 Å². The van der Waals surface area contributed by atoms with Crippen LogP contribution in [0.25, 0.3) is 0 Å². The van der Waals surface area contributed by atoms with Crippen molar-refractivity contribution in [2.75, 3.05) is 13.6 Å². The summed E-state index contributed by atoms with van der Waals surface area (Å²) in [5, 5.41) is 3.39. The van der Waals surface area contributed by atoms with E-state index >= 15 is 0 Å². The summed E-state index contributed by atoms with van der Waals surface area (Å²) >= 11 is 0. The number of nitrogens with one attached hydrogen (secondary N) is 1. The van der Waals surface area contributed by atoms with Gasteiger partial charge >= 0.3 is 0 Å². The van der Waals surface area contributed by atoms with Gasteiger partial charge in [-0.1, -0.05) is 52.8 Å². The van der Waals surface area contributed by atoms with E-state index in [0.717, 1.165) is 6.54 Å². The molecule has 1 heteroatoms. The molecule has 1 atom stereocenters. The number of aryl methyl sites for hydroxylation is 1. The zero-order chi connectivity index (χ0) is 14.6. The molecule has 0 saturated heterocycles. The number of benzene rings is 1. The molecule has 0 heterocycles. The lowest BCUT2D eigenvalue weighted by atomic mass is 9.73. The molecule has 1 nitrogen and oxygen atoms in total. The van der Waals surface area contributed by atoms with Gasteiger partial charge in [-0.2, -0.15) is 0 Å². The molecule has 19 heavy (non-hydrogen) atoms. The quantitative estimate of drug-likeness (QED) is 0.786. The van der Waals surface area contributed by atoms with Crippen LogP contribution in [0, 0.1) is 12.8 Å². The summed E-state index contributed by atoms with van der Waals surface area (Å²) < 4.78 is 0. The first kappa shape index (κ1) is 16.2. The number of likely N-dealkylation sites (N-methyl/N-ethyl adjacent to an activating group) is 1. The van der Waals surface area contributed by atoms with Gasteiger partial charge in [-0.05, 0) is 48.9 Å². The Balaban J connectivity index is 3.24. The van der Waals surface area contributed by atoms with Crippen LogP contribution < -0.4 is 5.32 Å². The normalized spacial score (nSPS) is 15.0. The van der Waals surface area contributed by atoms with E-state index in [0.29, 0.717) is 11.8 Å². The van der Waals surface area contributed by atoms with Crippen molar-refractivity contribution >= 4 is 0 Å². The van der Waals surface area contributed by atoms with Crippen molar-refractivity contribution in [2.24, 2.45) is 5.92 Å². The fraction of sp³-hybridized carbons (Fsp3) is 0.667. The van der Waals surface area contributed by atoms with Gasteiger partial charge in [0, 0.05) is 12.0 Å². The van der Waals surface area contributed by atoms with E-state index in [1.54, 1.807) is 0 Å². The minimum Gasteiger partial charge on any atom is -0.319 e. The highest BCUT2D eigenvalue weighted by Gasteiger charge is 2.28. The smallest absolute Gasteiger partial charge is 0.00545 e. The second-order valence-corrected chi connectivity index (χ2v) is 6.92. The van der Waals surface area contributed by atoms with Gasteiger partial charge in [-0.3, -0.25) is 0 Å². The second kappa shape index (κ2) is 6.56. The highest BCUT2D eigenvalue weighted by Crippen LogP contribution is 2.34. The molecule has 0 radical (unpaired) electrons. The topological polar surface area (TPSA) is 12.0 Å². The molecule has 0 aliphatic carbocycles. The average molecular weight is 261 g/mol. The minimum absolute atomic E-state index is 0.220. The van der Waals surface area contributed by atoms with Crippen LogP contribution in [-0.4, -0.2) is 13.6 Å². The Morgan fingerprint density at radius 3 is 2.26 bits per heavy atom. The van der Waals surface area contributed by atoms with Gasteiger partial charge < -0.3 is 5.32 Å². The van der Waals surface area contributed by atoms with Crippen LogP contribution >= 0.6 is 0 Å².